The van der Waals surface area contributed by atoms with Gasteiger partial charge in [-0.15, -0.1) is 0 Å². The molecule has 0 atom stereocenters. The van der Waals surface area contributed by atoms with E-state index in [2.05, 4.69) is 16.0 Å². The molecule has 108 valence electrons. The molecule has 2 aliphatic carbocycles. The molecule has 5 nitrogen and oxygen atoms in total. The number of hydrogen-bond donors (Lipinski definition) is 3. The van der Waals surface area contributed by atoms with Crippen LogP contribution in [0.25, 0.3) is 0 Å². The second kappa shape index (κ2) is 7.48. The maximum Gasteiger partial charge on any atom is 0.233 e. The number of carbonyl (C=O) groups excluding carboxylic acids is 2. The van der Waals surface area contributed by atoms with Gasteiger partial charge in [-0.25, -0.2) is 0 Å². The van der Waals surface area contributed by atoms with Gasteiger partial charge >= 0.3 is 0 Å². The second-order valence-corrected chi connectivity index (χ2v) is 5.66. The average molecular weight is 267 g/mol. The van der Waals surface area contributed by atoms with Crippen molar-refractivity contribution in [3.63, 3.8) is 0 Å². The highest BCUT2D eigenvalue weighted by Gasteiger charge is 2.22. The van der Waals surface area contributed by atoms with E-state index in [1.807, 2.05) is 0 Å². The lowest BCUT2D eigenvalue weighted by Crippen LogP contribution is -2.38. The molecule has 0 bridgehead atoms. The van der Waals surface area contributed by atoms with Gasteiger partial charge in [0.05, 0.1) is 6.54 Å². The van der Waals surface area contributed by atoms with Gasteiger partial charge in [0, 0.05) is 25.0 Å². The maximum absolute atomic E-state index is 11.6. The van der Waals surface area contributed by atoms with E-state index in [0.29, 0.717) is 38.0 Å². The molecule has 19 heavy (non-hydrogen) atoms. The van der Waals surface area contributed by atoms with Gasteiger partial charge in [0.2, 0.25) is 11.8 Å². The van der Waals surface area contributed by atoms with Crippen molar-refractivity contribution in [3.8, 4) is 0 Å². The molecule has 0 aromatic heterocycles. The average Bonchev–Trinajstić information content (AvgIpc) is 3.05. The van der Waals surface area contributed by atoms with Crippen molar-refractivity contribution < 1.29 is 9.59 Å². The lowest BCUT2D eigenvalue weighted by molar-refractivity contribution is -0.122. The van der Waals surface area contributed by atoms with Crippen molar-refractivity contribution in [2.75, 3.05) is 13.1 Å². The molecule has 2 rings (SSSR count). The van der Waals surface area contributed by atoms with Crippen LogP contribution in [-0.4, -0.2) is 37.0 Å². The van der Waals surface area contributed by atoms with Crippen LogP contribution >= 0.6 is 0 Å². The first-order chi connectivity index (χ1) is 9.24. The van der Waals surface area contributed by atoms with Crippen LogP contribution in [-0.2, 0) is 9.59 Å². The minimum absolute atomic E-state index is 0.0366. The first-order valence-electron chi connectivity index (χ1n) is 7.53. The van der Waals surface area contributed by atoms with Gasteiger partial charge in [0.1, 0.15) is 0 Å². The largest absolute Gasteiger partial charge is 0.355 e. The van der Waals surface area contributed by atoms with Crippen LogP contribution in [0.4, 0.5) is 0 Å². The number of hydrogen-bond acceptors (Lipinski definition) is 3. The lowest BCUT2D eigenvalue weighted by atomic mass is 10.2. The fourth-order valence-electron chi connectivity index (χ4n) is 2.43. The Morgan fingerprint density at radius 1 is 0.947 bits per heavy atom. The molecular weight excluding hydrogens is 242 g/mol. The summed E-state index contributed by atoms with van der Waals surface area (Å²) in [7, 11) is 0. The molecule has 0 saturated heterocycles. The fraction of sp³-hybridized carbons (Fsp3) is 0.857. The Labute approximate surface area is 114 Å². The van der Waals surface area contributed by atoms with E-state index in [4.69, 9.17) is 0 Å². The number of nitrogens with one attached hydrogen (secondary N) is 3. The van der Waals surface area contributed by atoms with Crippen LogP contribution in [0.5, 0.6) is 0 Å². The fourth-order valence-corrected chi connectivity index (χ4v) is 2.43. The molecule has 3 N–H and O–H groups in total. The standard InChI is InChI=1S/C14H25N3O2/c18-13(17-12-7-8-12)6-3-9-15-14(19)10-16-11-4-1-2-5-11/h11-12,16H,1-10H2,(H,15,19)(H,17,18). The van der Waals surface area contributed by atoms with Gasteiger partial charge in [0.25, 0.3) is 0 Å². The Hall–Kier alpha value is -1.10. The molecule has 5 heteroatoms. The molecule has 0 unspecified atom stereocenters. The summed E-state index contributed by atoms with van der Waals surface area (Å²) in [6, 6.07) is 0.952. The molecule has 2 amide bonds. The van der Waals surface area contributed by atoms with Gasteiger partial charge in [-0.3, -0.25) is 9.59 Å². The van der Waals surface area contributed by atoms with Crippen molar-refractivity contribution in [2.24, 2.45) is 0 Å². The third kappa shape index (κ3) is 6.05. The molecule has 0 heterocycles. The van der Waals surface area contributed by atoms with Crippen molar-refractivity contribution in [3.05, 3.63) is 0 Å². The molecule has 0 aliphatic heterocycles. The van der Waals surface area contributed by atoms with E-state index in [0.717, 1.165) is 12.8 Å². The normalized spacial score (nSPS) is 19.4. The van der Waals surface area contributed by atoms with Gasteiger partial charge in [0.15, 0.2) is 0 Å². The molecule has 2 aliphatic rings. The highest BCUT2D eigenvalue weighted by atomic mass is 16.2. The molecule has 0 radical (unpaired) electrons. The molecule has 0 spiro atoms. The zero-order chi connectivity index (χ0) is 13.5. The van der Waals surface area contributed by atoms with Crippen molar-refractivity contribution in [1.82, 2.24) is 16.0 Å². The van der Waals surface area contributed by atoms with Crippen LogP contribution < -0.4 is 16.0 Å². The predicted molar refractivity (Wildman–Crippen MR) is 73.7 cm³/mol. The first kappa shape index (κ1) is 14.3. The number of carbonyl (C=O) groups is 2. The summed E-state index contributed by atoms with van der Waals surface area (Å²) in [4.78, 5) is 23.0. The molecule has 2 fully saturated rings. The molecule has 2 saturated carbocycles. The summed E-state index contributed by atoms with van der Waals surface area (Å²) >= 11 is 0. The van der Waals surface area contributed by atoms with E-state index in [1.54, 1.807) is 0 Å². The summed E-state index contributed by atoms with van der Waals surface area (Å²) < 4.78 is 0. The summed E-state index contributed by atoms with van der Waals surface area (Å²) in [6.45, 7) is 0.988. The predicted octanol–water partition coefficient (Wildman–Crippen LogP) is 0.694. The Balaban J connectivity index is 1.43. The topological polar surface area (TPSA) is 70.2 Å². The zero-order valence-corrected chi connectivity index (χ0v) is 11.5. The van der Waals surface area contributed by atoms with Crippen LogP contribution in [0.1, 0.15) is 51.4 Å². The lowest BCUT2D eigenvalue weighted by Gasteiger charge is -2.11. The SMILES string of the molecule is O=C(CNC1CCCC1)NCCCC(=O)NC1CC1. The third-order valence-corrected chi connectivity index (χ3v) is 3.75. The van der Waals surface area contributed by atoms with Crippen molar-refractivity contribution in [1.29, 1.82) is 0 Å². The molecular formula is C14H25N3O2. The highest BCUT2D eigenvalue weighted by molar-refractivity contribution is 5.78. The Bertz CT molecular complexity index is 310. The summed E-state index contributed by atoms with van der Waals surface area (Å²) in [5.41, 5.74) is 0. The van der Waals surface area contributed by atoms with Gasteiger partial charge in [-0.05, 0) is 32.1 Å². The second-order valence-electron chi connectivity index (χ2n) is 5.66. The smallest absolute Gasteiger partial charge is 0.233 e. The Morgan fingerprint density at radius 3 is 2.37 bits per heavy atom. The summed E-state index contributed by atoms with van der Waals surface area (Å²) in [5.74, 6) is 0.148. The summed E-state index contributed by atoms with van der Waals surface area (Å²) in [5, 5.41) is 9.06. The maximum atomic E-state index is 11.6. The van der Waals surface area contributed by atoms with Gasteiger partial charge < -0.3 is 16.0 Å². The van der Waals surface area contributed by atoms with Crippen LogP contribution in [0, 0.1) is 0 Å². The van der Waals surface area contributed by atoms with E-state index in [9.17, 15) is 9.59 Å². The summed E-state index contributed by atoms with van der Waals surface area (Å²) in [6.07, 6.45) is 8.39. The minimum atomic E-state index is 0.0366. The van der Waals surface area contributed by atoms with Crippen LogP contribution in [0.3, 0.4) is 0 Å². The minimum Gasteiger partial charge on any atom is -0.355 e. The highest BCUT2D eigenvalue weighted by Crippen LogP contribution is 2.18. The van der Waals surface area contributed by atoms with Crippen molar-refractivity contribution in [2.45, 2.75) is 63.5 Å². The van der Waals surface area contributed by atoms with Gasteiger partial charge in [-0.2, -0.15) is 0 Å². The monoisotopic (exact) mass is 267 g/mol. The van der Waals surface area contributed by atoms with E-state index in [1.165, 1.54) is 25.7 Å². The molecule has 0 aromatic carbocycles. The number of rotatable bonds is 8. The Morgan fingerprint density at radius 2 is 1.68 bits per heavy atom. The Kier molecular flexibility index (Phi) is 5.63. The third-order valence-electron chi connectivity index (χ3n) is 3.75. The number of amides is 2. The van der Waals surface area contributed by atoms with Crippen LogP contribution in [0.15, 0.2) is 0 Å². The quantitative estimate of drug-likeness (QED) is 0.567. The van der Waals surface area contributed by atoms with Crippen molar-refractivity contribution >= 4 is 11.8 Å². The first-order valence-corrected chi connectivity index (χ1v) is 7.53. The van der Waals surface area contributed by atoms with E-state index >= 15 is 0 Å². The van der Waals surface area contributed by atoms with E-state index in [-0.39, 0.29) is 11.8 Å². The van der Waals surface area contributed by atoms with E-state index < -0.39 is 0 Å². The molecule has 0 aromatic rings. The van der Waals surface area contributed by atoms with Gasteiger partial charge in [-0.1, -0.05) is 12.8 Å². The van der Waals surface area contributed by atoms with Crippen LogP contribution in [0.2, 0.25) is 0 Å². The zero-order valence-electron chi connectivity index (χ0n) is 11.5.